The van der Waals surface area contributed by atoms with Gasteiger partial charge in [-0.2, -0.15) is 0 Å². The molecular weight excluding hydrogens is 613 g/mol. The fourth-order valence-electron chi connectivity index (χ4n) is 2.42. The minimum Gasteiger partial charge on any atom is -0.478 e. The zero-order chi connectivity index (χ0) is 27.4. The fourth-order valence-corrected chi connectivity index (χ4v) is 3.21. The summed E-state index contributed by atoms with van der Waals surface area (Å²) in [5.74, 6) is -8.60. The summed E-state index contributed by atoms with van der Waals surface area (Å²) >= 11 is 13.7. The Morgan fingerprint density at radius 1 is 0.806 bits per heavy atom. The maximum Gasteiger partial charge on any atom is 0.573 e. The second kappa shape index (κ2) is 11.7. The number of carboxylic acids is 2. The van der Waals surface area contributed by atoms with Crippen LogP contribution in [0.3, 0.4) is 0 Å². The van der Waals surface area contributed by atoms with Gasteiger partial charge in [0.2, 0.25) is 0 Å². The average Bonchev–Trinajstić information content (AvgIpc) is 2.75. The second-order valence-electron chi connectivity index (χ2n) is 6.31. The molecule has 0 aromatic heterocycles. The Hall–Kier alpha value is -3.16. The van der Waals surface area contributed by atoms with Gasteiger partial charge >= 0.3 is 18.3 Å². The van der Waals surface area contributed by atoms with Crippen LogP contribution in [0, 0.1) is 17.5 Å². The largest absolute Gasteiger partial charge is 0.573 e. The molecule has 15 heteroatoms. The highest BCUT2D eigenvalue weighted by molar-refractivity contribution is 9.10. The van der Waals surface area contributed by atoms with Crippen LogP contribution in [0.4, 0.5) is 26.3 Å². The van der Waals surface area contributed by atoms with E-state index >= 15 is 0 Å². The third-order valence-electron chi connectivity index (χ3n) is 3.89. The highest BCUT2D eigenvalue weighted by Crippen LogP contribution is 2.34. The van der Waals surface area contributed by atoms with Crippen LogP contribution in [0.5, 0.6) is 17.2 Å². The third kappa shape index (κ3) is 7.42. The Morgan fingerprint density at radius 3 is 1.78 bits per heavy atom. The monoisotopic (exact) mass is 620 g/mol. The molecule has 0 fully saturated rings. The summed E-state index contributed by atoms with van der Waals surface area (Å²) in [6, 6.07) is 6.75. The zero-order valence-electron chi connectivity index (χ0n) is 17.0. The molecule has 0 radical (unpaired) electrons. The first-order chi connectivity index (χ1) is 16.6. The topological polar surface area (TPSA) is 93.1 Å². The smallest absolute Gasteiger partial charge is 0.478 e. The van der Waals surface area contributed by atoms with Crippen molar-refractivity contribution >= 4 is 51.1 Å². The molecule has 0 unspecified atom stereocenters. The number of alkyl halides is 3. The molecule has 0 amide bonds. The molecular formula is C21H9BrCl2F6O6. The molecule has 2 N–H and O–H groups in total. The van der Waals surface area contributed by atoms with Gasteiger partial charge in [-0.25, -0.2) is 22.8 Å². The van der Waals surface area contributed by atoms with E-state index in [4.69, 9.17) is 38.2 Å². The van der Waals surface area contributed by atoms with Crippen LogP contribution < -0.4 is 9.47 Å². The molecule has 3 aromatic carbocycles. The quantitative estimate of drug-likeness (QED) is 0.222. The number of carboxylic acid groups (broad SMARTS) is 2. The first-order valence-corrected chi connectivity index (χ1v) is 10.5. The summed E-state index contributed by atoms with van der Waals surface area (Å²) in [6.07, 6.45) is -5.08. The second-order valence-corrected chi connectivity index (χ2v) is 7.97. The van der Waals surface area contributed by atoms with E-state index in [0.717, 1.165) is 18.2 Å². The number of benzene rings is 3. The molecule has 0 aliphatic heterocycles. The summed E-state index contributed by atoms with van der Waals surface area (Å²) in [7, 11) is 0. The van der Waals surface area contributed by atoms with Crippen molar-refractivity contribution < 1.29 is 55.6 Å². The molecule has 0 aliphatic rings. The van der Waals surface area contributed by atoms with E-state index in [0.29, 0.717) is 12.1 Å². The molecule has 0 heterocycles. The van der Waals surface area contributed by atoms with Gasteiger partial charge in [0.25, 0.3) is 0 Å². The van der Waals surface area contributed by atoms with Crippen LogP contribution in [0.15, 0.2) is 46.9 Å². The molecule has 3 rings (SSSR count). The molecule has 0 aliphatic carbocycles. The van der Waals surface area contributed by atoms with Crippen molar-refractivity contribution in [3.63, 3.8) is 0 Å². The van der Waals surface area contributed by atoms with Gasteiger partial charge in [0.1, 0.15) is 22.6 Å². The lowest BCUT2D eigenvalue weighted by molar-refractivity contribution is -0.275. The van der Waals surface area contributed by atoms with Crippen LogP contribution >= 0.6 is 39.1 Å². The first kappa shape index (κ1) is 29.1. The highest BCUT2D eigenvalue weighted by atomic mass is 79.9. The number of halogens is 9. The van der Waals surface area contributed by atoms with Crippen molar-refractivity contribution in [3.8, 4) is 17.2 Å². The SMILES string of the molecule is O=C(O)c1c(Br)ccc(Cl)c1F.O=C(O)c1c(Oc2ccc(OC(F)(F)F)c(F)c2)ccc(Cl)c1F. The lowest BCUT2D eigenvalue weighted by Crippen LogP contribution is -2.17. The molecule has 6 nitrogen and oxygen atoms in total. The summed E-state index contributed by atoms with van der Waals surface area (Å²) in [4.78, 5) is 21.5. The van der Waals surface area contributed by atoms with E-state index in [1.807, 2.05) is 0 Å². The van der Waals surface area contributed by atoms with Crippen molar-refractivity contribution in [3.05, 3.63) is 85.6 Å². The molecule has 3 aromatic rings. The van der Waals surface area contributed by atoms with Crippen molar-refractivity contribution in [1.29, 1.82) is 0 Å². The Balaban J connectivity index is 0.000000319. The molecule has 0 atom stereocenters. The number of hydrogen-bond acceptors (Lipinski definition) is 4. The maximum absolute atomic E-state index is 13.7. The van der Waals surface area contributed by atoms with Gasteiger partial charge in [0.05, 0.1) is 10.0 Å². The fraction of sp³-hybridized carbons (Fsp3) is 0.0476. The van der Waals surface area contributed by atoms with E-state index in [1.165, 1.54) is 12.1 Å². The van der Waals surface area contributed by atoms with Gasteiger partial charge in [-0.05, 0) is 52.3 Å². The van der Waals surface area contributed by atoms with Gasteiger partial charge in [-0.15, -0.1) is 13.2 Å². The Morgan fingerprint density at radius 2 is 1.31 bits per heavy atom. The number of hydrogen-bond donors (Lipinski definition) is 2. The number of ether oxygens (including phenoxy) is 2. The van der Waals surface area contributed by atoms with Gasteiger partial charge < -0.3 is 19.7 Å². The summed E-state index contributed by atoms with van der Waals surface area (Å²) < 4.78 is 85.1. The Bertz CT molecular complexity index is 1320. The normalized spacial score (nSPS) is 10.8. The Kier molecular flexibility index (Phi) is 9.46. The van der Waals surface area contributed by atoms with Crippen molar-refractivity contribution in [2.24, 2.45) is 0 Å². The summed E-state index contributed by atoms with van der Waals surface area (Å²) in [5.41, 5.74) is -1.35. The van der Waals surface area contributed by atoms with E-state index in [1.54, 1.807) is 0 Å². The summed E-state index contributed by atoms with van der Waals surface area (Å²) in [5, 5.41) is 16.8. The first-order valence-electron chi connectivity index (χ1n) is 8.93. The van der Waals surface area contributed by atoms with Crippen LogP contribution in [-0.4, -0.2) is 28.5 Å². The predicted molar refractivity (Wildman–Crippen MR) is 118 cm³/mol. The van der Waals surface area contributed by atoms with Crippen LogP contribution in [0.25, 0.3) is 0 Å². The van der Waals surface area contributed by atoms with E-state index in [-0.39, 0.29) is 15.2 Å². The minimum atomic E-state index is -5.08. The molecule has 0 saturated heterocycles. The standard InChI is InChI=1S/C14H6ClF5O4.C7H3BrClFO2/c15-7-2-4-10(11(12(7)17)13(21)22)23-6-1-3-9(8(16)5-6)24-14(18,19)20;8-3-1-2-4(9)6(10)5(3)7(11)12/h1-5H,(H,21,22);1-2H,(H,11,12). The predicted octanol–water partition coefficient (Wildman–Crippen LogP) is 7.95. The van der Waals surface area contributed by atoms with Gasteiger partial charge in [-0.1, -0.05) is 23.2 Å². The number of rotatable bonds is 5. The highest BCUT2D eigenvalue weighted by Gasteiger charge is 2.32. The van der Waals surface area contributed by atoms with Gasteiger partial charge in [-0.3, -0.25) is 0 Å². The van der Waals surface area contributed by atoms with E-state index < -0.39 is 63.4 Å². The van der Waals surface area contributed by atoms with E-state index in [2.05, 4.69) is 20.7 Å². The Labute approximate surface area is 215 Å². The van der Waals surface area contributed by atoms with Crippen LogP contribution in [0.1, 0.15) is 20.7 Å². The molecule has 0 bridgehead atoms. The lowest BCUT2D eigenvalue weighted by Gasteiger charge is -2.12. The summed E-state index contributed by atoms with van der Waals surface area (Å²) in [6.45, 7) is 0. The average molecular weight is 622 g/mol. The lowest BCUT2D eigenvalue weighted by atomic mass is 10.2. The third-order valence-corrected chi connectivity index (χ3v) is 5.13. The van der Waals surface area contributed by atoms with E-state index in [9.17, 15) is 35.9 Å². The van der Waals surface area contributed by atoms with Crippen molar-refractivity contribution in [2.75, 3.05) is 0 Å². The molecule has 0 spiro atoms. The zero-order valence-corrected chi connectivity index (χ0v) is 20.1. The van der Waals surface area contributed by atoms with Crippen molar-refractivity contribution in [2.45, 2.75) is 6.36 Å². The van der Waals surface area contributed by atoms with Crippen molar-refractivity contribution in [1.82, 2.24) is 0 Å². The van der Waals surface area contributed by atoms with Crippen LogP contribution in [0.2, 0.25) is 10.0 Å². The van der Waals surface area contributed by atoms with Gasteiger partial charge in [0, 0.05) is 10.5 Å². The number of aromatic carboxylic acids is 2. The van der Waals surface area contributed by atoms with Gasteiger partial charge in [0.15, 0.2) is 23.2 Å². The molecule has 0 saturated carbocycles. The number of carbonyl (C=O) groups is 2. The molecule has 192 valence electrons. The van der Waals surface area contributed by atoms with Crippen LogP contribution in [-0.2, 0) is 0 Å². The molecule has 36 heavy (non-hydrogen) atoms. The minimum absolute atomic E-state index is 0.178. The maximum atomic E-state index is 13.7.